The van der Waals surface area contributed by atoms with Gasteiger partial charge in [0.2, 0.25) is 5.91 Å². The second kappa shape index (κ2) is 11.7. The Kier molecular flexibility index (Phi) is 8.46. The summed E-state index contributed by atoms with van der Waals surface area (Å²) in [6, 6.07) is 16.7. The van der Waals surface area contributed by atoms with E-state index in [-0.39, 0.29) is 18.4 Å². The summed E-state index contributed by atoms with van der Waals surface area (Å²) in [5, 5.41) is 2.30. The van der Waals surface area contributed by atoms with E-state index in [9.17, 15) is 14.4 Å². The van der Waals surface area contributed by atoms with Crippen molar-refractivity contribution in [2.75, 3.05) is 13.2 Å². The van der Waals surface area contributed by atoms with Crippen LogP contribution in [-0.4, -0.2) is 31.0 Å². The monoisotopic (exact) mass is 425 g/mol. The van der Waals surface area contributed by atoms with Gasteiger partial charge in [-0.15, -0.1) is 0 Å². The van der Waals surface area contributed by atoms with Gasteiger partial charge < -0.3 is 14.2 Å². The molecule has 0 spiro atoms. The highest BCUT2D eigenvalue weighted by atomic mass is 16.6. The van der Waals surface area contributed by atoms with Crippen LogP contribution < -0.4 is 14.8 Å². The molecule has 1 N–H and O–H groups in total. The molecule has 1 aliphatic carbocycles. The van der Waals surface area contributed by atoms with Gasteiger partial charge in [-0.25, -0.2) is 4.79 Å². The Labute approximate surface area is 181 Å². The van der Waals surface area contributed by atoms with Crippen molar-refractivity contribution in [1.29, 1.82) is 0 Å². The molecule has 0 aromatic heterocycles. The number of rotatable bonds is 9. The van der Waals surface area contributed by atoms with E-state index in [0.29, 0.717) is 18.1 Å². The normalized spacial score (nSPS) is 13.8. The number of carbonyl (C=O) groups is 3. The summed E-state index contributed by atoms with van der Waals surface area (Å²) in [6.45, 7) is -0.389. The largest absolute Gasteiger partial charge is 0.489 e. The third-order valence-corrected chi connectivity index (χ3v) is 5.03. The molecule has 2 amide bonds. The average Bonchev–Trinajstić information content (AvgIpc) is 2.82. The van der Waals surface area contributed by atoms with Crippen molar-refractivity contribution in [3.63, 3.8) is 0 Å². The van der Waals surface area contributed by atoms with E-state index in [0.717, 1.165) is 37.7 Å². The Balaban J connectivity index is 1.32. The van der Waals surface area contributed by atoms with Crippen LogP contribution in [0.25, 0.3) is 0 Å². The molecule has 2 aromatic rings. The van der Waals surface area contributed by atoms with Crippen LogP contribution in [0.1, 0.15) is 37.7 Å². The first-order chi connectivity index (χ1) is 15.1. The predicted molar refractivity (Wildman–Crippen MR) is 113 cm³/mol. The predicted octanol–water partition coefficient (Wildman–Crippen LogP) is 3.41. The first kappa shape index (κ1) is 22.3. The number of benzene rings is 2. The smallest absolute Gasteiger partial charge is 0.344 e. The van der Waals surface area contributed by atoms with Crippen LogP contribution in [0, 0.1) is 5.92 Å². The molecule has 0 bridgehead atoms. The molecule has 2 aromatic carbocycles. The molecule has 0 atom stereocenters. The van der Waals surface area contributed by atoms with E-state index in [1.165, 1.54) is 0 Å². The zero-order valence-electron chi connectivity index (χ0n) is 17.4. The SMILES string of the molecule is O=C(COC(=O)COc1ccc(OCc2ccccc2)cc1)NC(=O)C1CCCCC1. The molecule has 31 heavy (non-hydrogen) atoms. The fourth-order valence-electron chi connectivity index (χ4n) is 3.34. The van der Waals surface area contributed by atoms with Gasteiger partial charge >= 0.3 is 5.97 Å². The van der Waals surface area contributed by atoms with Crippen LogP contribution in [0.2, 0.25) is 0 Å². The van der Waals surface area contributed by atoms with E-state index in [1.54, 1.807) is 24.3 Å². The van der Waals surface area contributed by atoms with Crippen molar-refractivity contribution in [3.8, 4) is 11.5 Å². The van der Waals surface area contributed by atoms with Gasteiger partial charge in [-0.05, 0) is 42.7 Å². The van der Waals surface area contributed by atoms with Crippen molar-refractivity contribution in [2.45, 2.75) is 38.7 Å². The Hall–Kier alpha value is -3.35. The van der Waals surface area contributed by atoms with Crippen LogP contribution in [0.5, 0.6) is 11.5 Å². The van der Waals surface area contributed by atoms with Crippen molar-refractivity contribution in [2.24, 2.45) is 5.92 Å². The molecule has 3 rings (SSSR count). The summed E-state index contributed by atoms with van der Waals surface area (Å²) in [5.41, 5.74) is 1.06. The second-order valence-electron chi connectivity index (χ2n) is 7.44. The number of ether oxygens (including phenoxy) is 3. The fourth-order valence-corrected chi connectivity index (χ4v) is 3.34. The number of amides is 2. The molecule has 0 saturated heterocycles. The van der Waals surface area contributed by atoms with Crippen molar-refractivity contribution < 1.29 is 28.6 Å². The van der Waals surface area contributed by atoms with Gasteiger partial charge in [-0.3, -0.25) is 14.9 Å². The maximum absolute atomic E-state index is 12.0. The third-order valence-electron chi connectivity index (χ3n) is 5.03. The lowest BCUT2D eigenvalue weighted by atomic mass is 9.89. The van der Waals surface area contributed by atoms with Crippen LogP contribution in [0.15, 0.2) is 54.6 Å². The number of nitrogens with one attached hydrogen (secondary N) is 1. The lowest BCUT2D eigenvalue weighted by Gasteiger charge is -2.20. The Bertz CT molecular complexity index is 859. The van der Waals surface area contributed by atoms with Gasteiger partial charge in [0.05, 0.1) is 0 Å². The van der Waals surface area contributed by atoms with Gasteiger partial charge in [0, 0.05) is 5.92 Å². The summed E-state index contributed by atoms with van der Waals surface area (Å²) >= 11 is 0. The molecule has 0 unspecified atom stereocenters. The summed E-state index contributed by atoms with van der Waals surface area (Å²) in [5.74, 6) is -0.574. The highest BCUT2D eigenvalue weighted by molar-refractivity contribution is 5.97. The summed E-state index contributed by atoms with van der Waals surface area (Å²) < 4.78 is 15.9. The van der Waals surface area contributed by atoms with Gasteiger partial charge in [0.1, 0.15) is 18.1 Å². The van der Waals surface area contributed by atoms with E-state index >= 15 is 0 Å². The number of carbonyl (C=O) groups excluding carboxylic acids is 3. The molecule has 1 fully saturated rings. The van der Waals surface area contributed by atoms with E-state index in [1.807, 2.05) is 30.3 Å². The highest BCUT2D eigenvalue weighted by Gasteiger charge is 2.23. The summed E-state index contributed by atoms with van der Waals surface area (Å²) in [6.07, 6.45) is 4.71. The molecule has 7 heteroatoms. The molecule has 1 aliphatic rings. The molecule has 0 radical (unpaired) electrons. The molecular formula is C24H27NO6. The molecule has 164 valence electrons. The first-order valence-electron chi connectivity index (χ1n) is 10.5. The minimum absolute atomic E-state index is 0.128. The number of imide groups is 1. The van der Waals surface area contributed by atoms with Crippen molar-refractivity contribution in [3.05, 3.63) is 60.2 Å². The lowest BCUT2D eigenvalue weighted by Crippen LogP contribution is -2.39. The van der Waals surface area contributed by atoms with Gasteiger partial charge in [-0.1, -0.05) is 49.6 Å². The molecular weight excluding hydrogens is 398 g/mol. The van der Waals surface area contributed by atoms with Gasteiger partial charge in [-0.2, -0.15) is 0 Å². The van der Waals surface area contributed by atoms with Gasteiger partial charge in [0.15, 0.2) is 13.2 Å². The molecule has 0 heterocycles. The zero-order valence-corrected chi connectivity index (χ0v) is 17.4. The van der Waals surface area contributed by atoms with Gasteiger partial charge in [0.25, 0.3) is 5.91 Å². The minimum atomic E-state index is -0.690. The van der Waals surface area contributed by atoms with Crippen molar-refractivity contribution >= 4 is 17.8 Å². The second-order valence-corrected chi connectivity index (χ2v) is 7.44. The fraction of sp³-hybridized carbons (Fsp3) is 0.375. The average molecular weight is 425 g/mol. The van der Waals surface area contributed by atoms with E-state index in [4.69, 9.17) is 14.2 Å². The molecule has 1 saturated carbocycles. The highest BCUT2D eigenvalue weighted by Crippen LogP contribution is 2.23. The summed E-state index contributed by atoms with van der Waals surface area (Å²) in [4.78, 5) is 35.6. The Morgan fingerprint density at radius 1 is 0.806 bits per heavy atom. The maximum atomic E-state index is 12.0. The van der Waals surface area contributed by atoms with Crippen LogP contribution >= 0.6 is 0 Å². The first-order valence-corrected chi connectivity index (χ1v) is 10.5. The third kappa shape index (κ3) is 7.77. The molecule has 0 aliphatic heterocycles. The van der Waals surface area contributed by atoms with Crippen LogP contribution in [0.4, 0.5) is 0 Å². The molecule has 7 nitrogen and oxygen atoms in total. The zero-order chi connectivity index (χ0) is 21.9. The lowest BCUT2D eigenvalue weighted by molar-refractivity contribution is -0.151. The maximum Gasteiger partial charge on any atom is 0.344 e. The van der Waals surface area contributed by atoms with Crippen molar-refractivity contribution in [1.82, 2.24) is 5.32 Å². The Morgan fingerprint density at radius 3 is 2.13 bits per heavy atom. The topological polar surface area (TPSA) is 90.9 Å². The Morgan fingerprint density at radius 2 is 1.45 bits per heavy atom. The quantitative estimate of drug-likeness (QED) is 0.619. The summed E-state index contributed by atoms with van der Waals surface area (Å²) in [7, 11) is 0. The van der Waals surface area contributed by atoms with Crippen LogP contribution in [0.3, 0.4) is 0 Å². The van der Waals surface area contributed by atoms with E-state index < -0.39 is 18.5 Å². The van der Waals surface area contributed by atoms with Crippen LogP contribution in [-0.2, 0) is 25.7 Å². The number of esters is 1. The number of hydrogen-bond donors (Lipinski definition) is 1. The van der Waals surface area contributed by atoms with E-state index in [2.05, 4.69) is 5.32 Å². The standard InChI is InChI=1S/C24H27NO6/c26-22(25-24(28)19-9-5-2-6-10-19)16-31-23(27)17-30-21-13-11-20(12-14-21)29-15-18-7-3-1-4-8-18/h1,3-4,7-8,11-14,19H,2,5-6,9-10,15-17H2,(H,25,26,28). The number of hydrogen-bond acceptors (Lipinski definition) is 6. The minimum Gasteiger partial charge on any atom is -0.489 e.